The molecule has 0 radical (unpaired) electrons. The predicted molar refractivity (Wildman–Crippen MR) is 117 cm³/mol. The third-order valence-electron chi connectivity index (χ3n) is 5.68. The van der Waals surface area contributed by atoms with Crippen LogP contribution in [-0.4, -0.2) is 48.0 Å². The molecular weight excluding hydrogens is 451 g/mol. The van der Waals surface area contributed by atoms with E-state index in [-0.39, 0.29) is 23.8 Å². The molecule has 1 aromatic heterocycles. The Kier molecular flexibility index (Phi) is 5.84. The Morgan fingerprint density at radius 3 is 2.60 bits per heavy atom. The summed E-state index contributed by atoms with van der Waals surface area (Å²) in [5.74, 6) is 0.650. The van der Waals surface area contributed by atoms with Crippen molar-refractivity contribution in [3.8, 4) is 5.75 Å². The number of hydrogen-bond acceptors (Lipinski definition) is 4. The fraction of sp³-hybridized carbons (Fsp3) is 0.348. The van der Waals surface area contributed by atoms with Gasteiger partial charge in [0.15, 0.2) is 5.76 Å². The second kappa shape index (κ2) is 8.40. The number of fused-ring (bicyclic) bond motifs is 1. The minimum atomic E-state index is -0.230. The molecule has 7 heteroatoms. The van der Waals surface area contributed by atoms with Crippen LogP contribution in [0.2, 0.25) is 0 Å². The Labute approximate surface area is 183 Å². The third-order valence-corrected chi connectivity index (χ3v) is 6.30. The first-order valence-corrected chi connectivity index (χ1v) is 10.7. The van der Waals surface area contributed by atoms with E-state index < -0.39 is 0 Å². The van der Waals surface area contributed by atoms with Crippen molar-refractivity contribution in [3.63, 3.8) is 0 Å². The van der Waals surface area contributed by atoms with E-state index in [2.05, 4.69) is 27.8 Å². The van der Waals surface area contributed by atoms with E-state index in [1.165, 1.54) is 12.1 Å². The van der Waals surface area contributed by atoms with E-state index in [1.807, 2.05) is 30.0 Å². The number of benzene rings is 2. The molecule has 4 rings (SSSR count). The summed E-state index contributed by atoms with van der Waals surface area (Å²) in [4.78, 5) is 17.4. The van der Waals surface area contributed by atoms with E-state index in [0.29, 0.717) is 23.6 Å². The van der Waals surface area contributed by atoms with Crippen molar-refractivity contribution in [1.82, 2.24) is 9.80 Å². The summed E-state index contributed by atoms with van der Waals surface area (Å²) in [6.45, 7) is 6.22. The number of carbonyl (C=O) groups excluding carboxylic acids is 1. The summed E-state index contributed by atoms with van der Waals surface area (Å²) in [5.41, 5.74) is 1.68. The molecule has 2 atom stereocenters. The Morgan fingerprint density at radius 1 is 1.17 bits per heavy atom. The average molecular weight is 475 g/mol. The average Bonchev–Trinajstić information content (AvgIpc) is 3.13. The van der Waals surface area contributed by atoms with Gasteiger partial charge in [-0.3, -0.25) is 9.69 Å². The van der Waals surface area contributed by atoms with Gasteiger partial charge < -0.3 is 14.1 Å². The van der Waals surface area contributed by atoms with Crippen LogP contribution in [0.15, 0.2) is 51.4 Å². The number of ether oxygens (including phenoxy) is 1. The number of carbonyl (C=O) groups is 1. The zero-order chi connectivity index (χ0) is 21.4. The highest BCUT2D eigenvalue weighted by Crippen LogP contribution is 2.32. The summed E-state index contributed by atoms with van der Waals surface area (Å²) >= 11 is 3.47. The predicted octanol–water partition coefficient (Wildman–Crippen LogP) is 5.08. The lowest BCUT2D eigenvalue weighted by Gasteiger charge is -2.43. The van der Waals surface area contributed by atoms with Crippen molar-refractivity contribution < 1.29 is 18.3 Å². The van der Waals surface area contributed by atoms with E-state index in [4.69, 9.17) is 9.15 Å². The summed E-state index contributed by atoms with van der Waals surface area (Å²) < 4.78 is 25.1. The first kappa shape index (κ1) is 20.9. The maximum absolute atomic E-state index is 13.2. The van der Waals surface area contributed by atoms with Crippen LogP contribution in [0.25, 0.3) is 11.0 Å². The molecule has 158 valence electrons. The summed E-state index contributed by atoms with van der Waals surface area (Å²) in [5, 5.41) is 0.849. The van der Waals surface area contributed by atoms with Crippen molar-refractivity contribution in [2.24, 2.45) is 0 Å². The summed E-state index contributed by atoms with van der Waals surface area (Å²) in [6.07, 6.45) is 0. The molecule has 0 bridgehead atoms. The Balaban J connectivity index is 1.50. The van der Waals surface area contributed by atoms with E-state index in [1.54, 1.807) is 19.2 Å². The molecule has 0 saturated carbocycles. The largest absolute Gasteiger partial charge is 0.495 e. The molecule has 5 nitrogen and oxygen atoms in total. The topological polar surface area (TPSA) is 45.9 Å². The minimum Gasteiger partial charge on any atom is -0.495 e. The van der Waals surface area contributed by atoms with Gasteiger partial charge in [-0.15, -0.1) is 0 Å². The molecular formula is C23H24BrFN2O3. The maximum Gasteiger partial charge on any atom is 0.289 e. The van der Waals surface area contributed by atoms with Crippen LogP contribution in [-0.2, 0) is 6.54 Å². The summed E-state index contributed by atoms with van der Waals surface area (Å²) in [7, 11) is 1.59. The van der Waals surface area contributed by atoms with Crippen molar-refractivity contribution in [1.29, 1.82) is 0 Å². The van der Waals surface area contributed by atoms with Gasteiger partial charge in [0.05, 0.1) is 11.6 Å². The number of hydrogen-bond donors (Lipinski definition) is 0. The molecule has 1 aliphatic heterocycles. The lowest BCUT2D eigenvalue weighted by molar-refractivity contribution is 0.0269. The van der Waals surface area contributed by atoms with E-state index in [9.17, 15) is 9.18 Å². The molecule has 2 aromatic carbocycles. The van der Waals surface area contributed by atoms with Gasteiger partial charge in [0.25, 0.3) is 5.91 Å². The highest BCUT2D eigenvalue weighted by Gasteiger charge is 2.33. The Hall–Kier alpha value is -2.38. The highest BCUT2D eigenvalue weighted by molar-refractivity contribution is 9.10. The smallest absolute Gasteiger partial charge is 0.289 e. The number of amides is 1. The number of rotatable bonds is 4. The quantitative estimate of drug-likeness (QED) is 0.528. The molecule has 30 heavy (non-hydrogen) atoms. The maximum atomic E-state index is 13.2. The van der Waals surface area contributed by atoms with Crippen LogP contribution in [0, 0.1) is 5.82 Å². The Morgan fingerprint density at radius 2 is 1.90 bits per heavy atom. The first-order valence-electron chi connectivity index (χ1n) is 9.92. The van der Waals surface area contributed by atoms with Crippen molar-refractivity contribution in [3.05, 3.63) is 64.1 Å². The van der Waals surface area contributed by atoms with E-state index >= 15 is 0 Å². The van der Waals surface area contributed by atoms with Gasteiger partial charge in [-0.25, -0.2) is 4.39 Å². The fourth-order valence-corrected chi connectivity index (χ4v) is 4.49. The molecule has 2 heterocycles. The third kappa shape index (κ3) is 4.09. The highest BCUT2D eigenvalue weighted by atomic mass is 79.9. The van der Waals surface area contributed by atoms with Gasteiger partial charge >= 0.3 is 0 Å². The lowest BCUT2D eigenvalue weighted by Crippen LogP contribution is -2.57. The first-order chi connectivity index (χ1) is 14.4. The zero-order valence-corrected chi connectivity index (χ0v) is 18.8. The molecule has 1 saturated heterocycles. The van der Waals surface area contributed by atoms with Gasteiger partial charge in [0.2, 0.25) is 0 Å². The Bertz CT molecular complexity index is 1070. The van der Waals surface area contributed by atoms with Crippen LogP contribution in [0.1, 0.15) is 30.0 Å². The van der Waals surface area contributed by atoms with Crippen LogP contribution in [0.3, 0.4) is 0 Å². The number of piperazine rings is 1. The SMILES string of the molecule is COc1cc2oc(C(=O)N3C[C@H](C)N(Cc4ccc(F)cc4)C[C@H]3C)cc2cc1Br. The molecule has 0 unspecified atom stereocenters. The molecule has 1 aliphatic rings. The lowest BCUT2D eigenvalue weighted by atomic mass is 10.1. The van der Waals surface area contributed by atoms with Crippen molar-refractivity contribution in [2.75, 3.05) is 20.2 Å². The minimum absolute atomic E-state index is 0.0311. The number of methoxy groups -OCH3 is 1. The van der Waals surface area contributed by atoms with Crippen LogP contribution < -0.4 is 4.74 Å². The monoisotopic (exact) mass is 474 g/mol. The van der Waals surface area contributed by atoms with Gasteiger partial charge in [-0.1, -0.05) is 12.1 Å². The van der Waals surface area contributed by atoms with Gasteiger partial charge in [0, 0.05) is 43.2 Å². The van der Waals surface area contributed by atoms with Crippen LogP contribution in [0.5, 0.6) is 5.75 Å². The molecule has 0 spiro atoms. The second-order valence-corrected chi connectivity index (χ2v) is 8.70. The van der Waals surface area contributed by atoms with Gasteiger partial charge in [-0.2, -0.15) is 0 Å². The van der Waals surface area contributed by atoms with Crippen LogP contribution in [0.4, 0.5) is 4.39 Å². The zero-order valence-electron chi connectivity index (χ0n) is 17.2. The molecule has 0 N–H and O–H groups in total. The number of furan rings is 1. The second-order valence-electron chi connectivity index (χ2n) is 7.85. The molecule has 1 fully saturated rings. The van der Waals surface area contributed by atoms with Gasteiger partial charge in [-0.05, 0) is 59.6 Å². The summed E-state index contributed by atoms with van der Waals surface area (Å²) in [6, 6.07) is 12.2. The fourth-order valence-electron chi connectivity index (χ4n) is 3.97. The number of nitrogens with zero attached hydrogens (tertiary/aromatic N) is 2. The molecule has 3 aromatic rings. The van der Waals surface area contributed by atoms with Gasteiger partial charge in [0.1, 0.15) is 17.1 Å². The van der Waals surface area contributed by atoms with Crippen molar-refractivity contribution >= 4 is 32.8 Å². The van der Waals surface area contributed by atoms with Crippen LogP contribution >= 0.6 is 15.9 Å². The molecule has 1 amide bonds. The van der Waals surface area contributed by atoms with Crippen molar-refractivity contribution in [2.45, 2.75) is 32.5 Å². The number of halogens is 2. The molecule has 0 aliphatic carbocycles. The van der Waals surface area contributed by atoms with E-state index in [0.717, 1.165) is 28.5 Å². The standard InChI is InChI=1S/C23H24BrFN2O3/c1-14-12-27(15(2)11-26(14)13-16-4-6-18(25)7-5-16)23(28)22-9-17-8-19(24)21(29-3)10-20(17)30-22/h4-10,14-15H,11-13H2,1-3H3/t14-,15+/m0/s1. The normalized spacial score (nSPS) is 20.0.